The van der Waals surface area contributed by atoms with E-state index in [9.17, 15) is 0 Å². The smallest absolute Gasteiger partial charge is 0.0238 e. The number of hydrogen-bond donors (Lipinski definition) is 1. The van der Waals surface area contributed by atoms with Crippen LogP contribution in [0.2, 0.25) is 0 Å². The first-order chi connectivity index (χ1) is 7.70. The molecule has 3 nitrogen and oxygen atoms in total. The molecule has 0 spiro atoms. The van der Waals surface area contributed by atoms with Crippen molar-refractivity contribution in [1.82, 2.24) is 15.1 Å². The number of nitrogens with one attached hydrogen (secondary N) is 1. The average Bonchev–Trinajstić information content (AvgIpc) is 3.03. The highest BCUT2D eigenvalue weighted by atomic mass is 15.3. The lowest BCUT2D eigenvalue weighted by atomic mass is 10.1. The monoisotopic (exact) mass is 225 g/mol. The molecule has 0 bridgehead atoms. The summed E-state index contributed by atoms with van der Waals surface area (Å²) in [4.78, 5) is 5.32. The topological polar surface area (TPSA) is 18.5 Å². The van der Waals surface area contributed by atoms with Gasteiger partial charge in [0.25, 0.3) is 0 Å². The Kier molecular flexibility index (Phi) is 4.22. The molecule has 1 N–H and O–H groups in total. The van der Waals surface area contributed by atoms with Crippen LogP contribution in [0.5, 0.6) is 0 Å². The molecule has 0 aromatic heterocycles. The zero-order chi connectivity index (χ0) is 11.5. The standard InChI is InChI=1S/C13H27N3/c1-11-8-15(3)10-13(6-7-14-2)16(9-11)12-4-5-12/h11-14H,4-10H2,1-3H3. The first-order valence-electron chi connectivity index (χ1n) is 6.79. The van der Waals surface area contributed by atoms with E-state index < -0.39 is 0 Å². The van der Waals surface area contributed by atoms with Gasteiger partial charge in [0, 0.05) is 31.7 Å². The van der Waals surface area contributed by atoms with Gasteiger partial charge in [0.15, 0.2) is 0 Å². The van der Waals surface area contributed by atoms with Gasteiger partial charge in [-0.3, -0.25) is 4.90 Å². The van der Waals surface area contributed by atoms with E-state index >= 15 is 0 Å². The third-order valence-electron chi connectivity index (χ3n) is 3.88. The summed E-state index contributed by atoms with van der Waals surface area (Å²) in [7, 11) is 4.34. The van der Waals surface area contributed by atoms with Crippen molar-refractivity contribution < 1.29 is 0 Å². The first-order valence-corrected chi connectivity index (χ1v) is 6.79. The van der Waals surface area contributed by atoms with Gasteiger partial charge in [0.2, 0.25) is 0 Å². The lowest BCUT2D eigenvalue weighted by molar-refractivity contribution is 0.164. The molecule has 0 aromatic rings. The summed E-state index contributed by atoms with van der Waals surface area (Å²) in [6, 6.07) is 1.69. The van der Waals surface area contributed by atoms with E-state index in [0.717, 1.165) is 24.5 Å². The summed E-state index contributed by atoms with van der Waals surface area (Å²) < 4.78 is 0. The maximum Gasteiger partial charge on any atom is 0.0238 e. The number of rotatable bonds is 4. The highest BCUT2D eigenvalue weighted by molar-refractivity contribution is 4.92. The van der Waals surface area contributed by atoms with Gasteiger partial charge >= 0.3 is 0 Å². The molecular formula is C13H27N3. The minimum Gasteiger partial charge on any atom is -0.320 e. The predicted molar refractivity (Wildman–Crippen MR) is 68.7 cm³/mol. The molecular weight excluding hydrogens is 198 g/mol. The van der Waals surface area contributed by atoms with Crippen LogP contribution in [-0.2, 0) is 0 Å². The van der Waals surface area contributed by atoms with Crippen LogP contribution in [0.4, 0.5) is 0 Å². The van der Waals surface area contributed by atoms with Crippen molar-refractivity contribution >= 4 is 0 Å². The SMILES string of the molecule is CNCCC1CN(C)CC(C)CN1C1CC1. The van der Waals surface area contributed by atoms with E-state index in [1.165, 1.54) is 38.9 Å². The fraction of sp³-hybridized carbons (Fsp3) is 1.00. The van der Waals surface area contributed by atoms with Crippen LogP contribution in [0, 0.1) is 5.92 Å². The van der Waals surface area contributed by atoms with Crippen molar-refractivity contribution in [3.8, 4) is 0 Å². The van der Waals surface area contributed by atoms with E-state index in [2.05, 4.69) is 36.1 Å². The summed E-state index contributed by atoms with van der Waals surface area (Å²) >= 11 is 0. The van der Waals surface area contributed by atoms with Crippen molar-refractivity contribution in [2.75, 3.05) is 40.3 Å². The number of hydrogen-bond acceptors (Lipinski definition) is 3. The Balaban J connectivity index is 1.97. The molecule has 2 unspecified atom stereocenters. The average molecular weight is 225 g/mol. The molecule has 2 fully saturated rings. The third kappa shape index (κ3) is 3.19. The Bertz CT molecular complexity index is 215. The summed E-state index contributed by atoms with van der Waals surface area (Å²) in [6.45, 7) is 7.37. The molecule has 1 heterocycles. The lowest BCUT2D eigenvalue weighted by Crippen LogP contribution is -2.43. The van der Waals surface area contributed by atoms with Gasteiger partial charge < -0.3 is 10.2 Å². The van der Waals surface area contributed by atoms with Crippen LogP contribution in [0.25, 0.3) is 0 Å². The van der Waals surface area contributed by atoms with Gasteiger partial charge in [-0.25, -0.2) is 0 Å². The molecule has 16 heavy (non-hydrogen) atoms. The molecule has 2 aliphatic rings. The summed E-state index contributed by atoms with van der Waals surface area (Å²) in [5, 5.41) is 3.30. The van der Waals surface area contributed by atoms with Crippen LogP contribution < -0.4 is 5.32 Å². The van der Waals surface area contributed by atoms with Gasteiger partial charge in [-0.15, -0.1) is 0 Å². The van der Waals surface area contributed by atoms with Gasteiger partial charge in [0.1, 0.15) is 0 Å². The molecule has 1 saturated heterocycles. The summed E-state index contributed by atoms with van der Waals surface area (Å²) in [5.41, 5.74) is 0. The third-order valence-corrected chi connectivity index (χ3v) is 3.88. The Labute approximate surface area is 100 Å². The van der Waals surface area contributed by atoms with Gasteiger partial charge in [-0.1, -0.05) is 6.92 Å². The van der Waals surface area contributed by atoms with Crippen LogP contribution in [0.3, 0.4) is 0 Å². The van der Waals surface area contributed by atoms with E-state index in [4.69, 9.17) is 0 Å². The maximum atomic E-state index is 3.30. The van der Waals surface area contributed by atoms with Crippen molar-refractivity contribution in [3.05, 3.63) is 0 Å². The van der Waals surface area contributed by atoms with Crippen LogP contribution in [0.15, 0.2) is 0 Å². The fourth-order valence-electron chi connectivity index (χ4n) is 3.06. The molecule has 3 heteroatoms. The zero-order valence-electron chi connectivity index (χ0n) is 11.1. The quantitative estimate of drug-likeness (QED) is 0.770. The molecule has 0 aromatic carbocycles. The number of likely N-dealkylation sites (N-methyl/N-ethyl adjacent to an activating group) is 1. The first kappa shape index (κ1) is 12.3. The summed E-state index contributed by atoms with van der Waals surface area (Å²) in [6.07, 6.45) is 4.17. The van der Waals surface area contributed by atoms with Crippen molar-refractivity contribution in [2.45, 2.75) is 38.3 Å². The van der Waals surface area contributed by atoms with Gasteiger partial charge in [0.05, 0.1) is 0 Å². The highest BCUT2D eigenvalue weighted by Gasteiger charge is 2.36. The van der Waals surface area contributed by atoms with Crippen LogP contribution >= 0.6 is 0 Å². The molecule has 2 rings (SSSR count). The van der Waals surface area contributed by atoms with Crippen molar-refractivity contribution in [1.29, 1.82) is 0 Å². The normalized spacial score (nSPS) is 33.9. The van der Waals surface area contributed by atoms with E-state index in [1.807, 2.05) is 0 Å². The highest BCUT2D eigenvalue weighted by Crippen LogP contribution is 2.31. The predicted octanol–water partition coefficient (Wildman–Crippen LogP) is 1.01. The molecule has 1 saturated carbocycles. The second-order valence-corrected chi connectivity index (χ2v) is 5.80. The molecule has 1 aliphatic carbocycles. The minimum absolute atomic E-state index is 0.773. The van der Waals surface area contributed by atoms with E-state index in [0.29, 0.717) is 0 Å². The van der Waals surface area contributed by atoms with Crippen LogP contribution in [0.1, 0.15) is 26.2 Å². The van der Waals surface area contributed by atoms with Gasteiger partial charge in [-0.05, 0) is 45.8 Å². The van der Waals surface area contributed by atoms with Crippen molar-refractivity contribution in [2.24, 2.45) is 5.92 Å². The van der Waals surface area contributed by atoms with E-state index in [1.54, 1.807) is 0 Å². The second-order valence-electron chi connectivity index (χ2n) is 5.80. The Morgan fingerprint density at radius 3 is 2.56 bits per heavy atom. The molecule has 1 aliphatic heterocycles. The van der Waals surface area contributed by atoms with Crippen LogP contribution in [-0.4, -0.2) is 62.2 Å². The molecule has 0 amide bonds. The Morgan fingerprint density at radius 1 is 1.19 bits per heavy atom. The Morgan fingerprint density at radius 2 is 1.94 bits per heavy atom. The minimum atomic E-state index is 0.773. The van der Waals surface area contributed by atoms with Crippen molar-refractivity contribution in [3.63, 3.8) is 0 Å². The maximum absolute atomic E-state index is 3.30. The largest absolute Gasteiger partial charge is 0.320 e. The van der Waals surface area contributed by atoms with Gasteiger partial charge in [-0.2, -0.15) is 0 Å². The number of nitrogens with zero attached hydrogens (tertiary/aromatic N) is 2. The molecule has 0 radical (unpaired) electrons. The van der Waals surface area contributed by atoms with E-state index in [-0.39, 0.29) is 0 Å². The Hall–Kier alpha value is -0.120. The molecule has 94 valence electrons. The second kappa shape index (κ2) is 5.48. The summed E-state index contributed by atoms with van der Waals surface area (Å²) in [5.74, 6) is 0.824. The lowest BCUT2D eigenvalue weighted by Gasteiger charge is -2.31. The fourth-order valence-corrected chi connectivity index (χ4v) is 3.06. The molecule has 2 atom stereocenters. The zero-order valence-corrected chi connectivity index (χ0v) is 11.1.